The van der Waals surface area contributed by atoms with Gasteiger partial charge in [-0.2, -0.15) is 0 Å². The van der Waals surface area contributed by atoms with Crippen molar-refractivity contribution in [1.82, 2.24) is 0 Å². The van der Waals surface area contributed by atoms with Crippen LogP contribution in [0.5, 0.6) is 0 Å². The Bertz CT molecular complexity index is 122. The van der Waals surface area contributed by atoms with Gasteiger partial charge in [-0.05, 0) is 18.5 Å². The second-order valence-corrected chi connectivity index (χ2v) is 4.52. The maximum Gasteiger partial charge on any atom is 0.0883 e. The van der Waals surface area contributed by atoms with Gasteiger partial charge in [0, 0.05) is 5.75 Å². The van der Waals surface area contributed by atoms with Gasteiger partial charge in [0.15, 0.2) is 0 Å². The number of hydrogen-bond donors (Lipinski definition) is 2. The summed E-state index contributed by atoms with van der Waals surface area (Å²) in [5.74, 6) is 0.451. The van der Waals surface area contributed by atoms with Gasteiger partial charge in [-0.3, -0.25) is 0 Å². The maximum absolute atomic E-state index is 9.01. The zero-order chi connectivity index (χ0) is 11.4. The fourth-order valence-corrected chi connectivity index (χ4v) is 1.77. The quantitative estimate of drug-likeness (QED) is 0.427. The maximum atomic E-state index is 9.01. The second kappa shape index (κ2) is 12.3. The van der Waals surface area contributed by atoms with Crippen molar-refractivity contribution in [2.75, 3.05) is 19.0 Å². The first-order chi connectivity index (χ1) is 7.31. The molecule has 0 aliphatic carbocycles. The minimum atomic E-state index is -0.653. The molecular formula is C11H24O3S. The van der Waals surface area contributed by atoms with Crippen LogP contribution in [0.25, 0.3) is 0 Å². The molecule has 4 heteroatoms. The summed E-state index contributed by atoms with van der Waals surface area (Å²) in [6.45, 7) is 2.77. The van der Waals surface area contributed by atoms with Gasteiger partial charge in [0.25, 0.3) is 0 Å². The third-order valence-corrected chi connectivity index (χ3v) is 2.99. The average Bonchev–Trinajstić information content (AvgIpc) is 2.26. The van der Waals surface area contributed by atoms with Crippen molar-refractivity contribution in [2.45, 2.75) is 51.6 Å². The Morgan fingerprint density at radius 2 is 1.80 bits per heavy atom. The second-order valence-electron chi connectivity index (χ2n) is 3.71. The van der Waals surface area contributed by atoms with Crippen LogP contribution >= 0.6 is 12.0 Å². The molecule has 0 saturated carbocycles. The minimum absolute atomic E-state index is 0.187. The van der Waals surface area contributed by atoms with E-state index in [0.717, 1.165) is 13.0 Å². The van der Waals surface area contributed by atoms with Gasteiger partial charge in [0.05, 0.1) is 19.3 Å². The van der Waals surface area contributed by atoms with E-state index in [1.165, 1.54) is 44.1 Å². The molecule has 0 amide bonds. The van der Waals surface area contributed by atoms with Crippen LogP contribution in [-0.2, 0) is 4.18 Å². The van der Waals surface area contributed by atoms with E-state index < -0.39 is 6.10 Å². The summed E-state index contributed by atoms with van der Waals surface area (Å²) in [5, 5.41) is 17.5. The van der Waals surface area contributed by atoms with E-state index in [9.17, 15) is 0 Å². The lowest BCUT2D eigenvalue weighted by Gasteiger charge is -2.06. The summed E-state index contributed by atoms with van der Waals surface area (Å²) in [4.78, 5) is 0. The van der Waals surface area contributed by atoms with E-state index in [1.807, 2.05) is 0 Å². The molecule has 2 N–H and O–H groups in total. The van der Waals surface area contributed by atoms with Crippen molar-refractivity contribution >= 4 is 12.0 Å². The standard InChI is InChI=1S/C11H24O3S/c1-2-3-4-5-6-7-8-14-15-10-11(13)9-12/h11-13H,2-10H2,1H3. The largest absolute Gasteiger partial charge is 0.394 e. The van der Waals surface area contributed by atoms with Gasteiger partial charge < -0.3 is 14.4 Å². The molecular weight excluding hydrogens is 212 g/mol. The van der Waals surface area contributed by atoms with E-state index in [-0.39, 0.29) is 6.61 Å². The first-order valence-electron chi connectivity index (χ1n) is 5.84. The number of hydrogen-bond acceptors (Lipinski definition) is 4. The van der Waals surface area contributed by atoms with E-state index >= 15 is 0 Å². The smallest absolute Gasteiger partial charge is 0.0883 e. The Morgan fingerprint density at radius 1 is 1.13 bits per heavy atom. The van der Waals surface area contributed by atoms with Crippen LogP contribution in [0.15, 0.2) is 0 Å². The molecule has 92 valence electrons. The third kappa shape index (κ3) is 12.2. The van der Waals surface area contributed by atoms with Crippen molar-refractivity contribution < 1.29 is 14.4 Å². The van der Waals surface area contributed by atoms with Crippen LogP contribution in [0.2, 0.25) is 0 Å². The van der Waals surface area contributed by atoms with Gasteiger partial charge in [-0.25, -0.2) is 0 Å². The first-order valence-corrected chi connectivity index (χ1v) is 6.75. The molecule has 0 aromatic rings. The van der Waals surface area contributed by atoms with Crippen molar-refractivity contribution in [3.05, 3.63) is 0 Å². The Kier molecular flexibility index (Phi) is 12.5. The van der Waals surface area contributed by atoms with Gasteiger partial charge >= 0.3 is 0 Å². The monoisotopic (exact) mass is 236 g/mol. The highest BCUT2D eigenvalue weighted by Crippen LogP contribution is 2.09. The van der Waals surface area contributed by atoms with Crippen LogP contribution < -0.4 is 0 Å². The number of aliphatic hydroxyl groups is 2. The van der Waals surface area contributed by atoms with Crippen molar-refractivity contribution in [2.24, 2.45) is 0 Å². The molecule has 0 heterocycles. The van der Waals surface area contributed by atoms with E-state index in [4.69, 9.17) is 14.4 Å². The molecule has 0 spiro atoms. The van der Waals surface area contributed by atoms with Crippen LogP contribution in [0, 0.1) is 0 Å². The Hall–Kier alpha value is 0.230. The molecule has 3 nitrogen and oxygen atoms in total. The Balaban J connectivity index is 2.92. The Morgan fingerprint density at radius 3 is 2.47 bits per heavy atom. The molecule has 1 atom stereocenters. The molecule has 0 aliphatic heterocycles. The zero-order valence-corrected chi connectivity index (χ0v) is 10.5. The van der Waals surface area contributed by atoms with Crippen molar-refractivity contribution in [3.8, 4) is 0 Å². The fourth-order valence-electron chi connectivity index (χ4n) is 1.18. The predicted molar refractivity (Wildman–Crippen MR) is 64.9 cm³/mol. The molecule has 1 unspecified atom stereocenters. The summed E-state index contributed by atoms with van der Waals surface area (Å²) < 4.78 is 5.26. The highest BCUT2D eigenvalue weighted by Gasteiger charge is 2.01. The summed E-state index contributed by atoms with van der Waals surface area (Å²) >= 11 is 1.24. The van der Waals surface area contributed by atoms with Crippen molar-refractivity contribution in [1.29, 1.82) is 0 Å². The van der Waals surface area contributed by atoms with Gasteiger partial charge in [0.2, 0.25) is 0 Å². The van der Waals surface area contributed by atoms with Crippen LogP contribution in [0.1, 0.15) is 45.4 Å². The molecule has 0 saturated heterocycles. The summed E-state index contributed by atoms with van der Waals surface area (Å²) in [5.41, 5.74) is 0. The van der Waals surface area contributed by atoms with Crippen LogP contribution in [0.4, 0.5) is 0 Å². The number of rotatable bonds is 11. The molecule has 15 heavy (non-hydrogen) atoms. The lowest BCUT2D eigenvalue weighted by Crippen LogP contribution is -2.14. The lowest BCUT2D eigenvalue weighted by atomic mass is 10.1. The normalized spacial score (nSPS) is 13.0. The van der Waals surface area contributed by atoms with E-state index in [0.29, 0.717) is 5.75 Å². The molecule has 0 bridgehead atoms. The summed E-state index contributed by atoms with van der Waals surface area (Å²) in [6, 6.07) is 0. The van der Waals surface area contributed by atoms with Crippen LogP contribution in [-0.4, -0.2) is 35.3 Å². The highest BCUT2D eigenvalue weighted by atomic mass is 32.2. The van der Waals surface area contributed by atoms with Crippen molar-refractivity contribution in [3.63, 3.8) is 0 Å². The Labute approximate surface area is 97.4 Å². The van der Waals surface area contributed by atoms with Crippen LogP contribution in [0.3, 0.4) is 0 Å². The van der Waals surface area contributed by atoms with Gasteiger partial charge in [0.1, 0.15) is 0 Å². The topological polar surface area (TPSA) is 49.7 Å². The van der Waals surface area contributed by atoms with E-state index in [1.54, 1.807) is 0 Å². The fraction of sp³-hybridized carbons (Fsp3) is 1.00. The summed E-state index contributed by atoms with van der Waals surface area (Å²) in [7, 11) is 0. The molecule has 0 aromatic heterocycles. The van der Waals surface area contributed by atoms with Gasteiger partial charge in [-0.1, -0.05) is 39.0 Å². The predicted octanol–water partition coefficient (Wildman–Crippen LogP) is 2.36. The molecule has 0 rings (SSSR count). The average molecular weight is 236 g/mol. The first kappa shape index (κ1) is 15.2. The highest BCUT2D eigenvalue weighted by molar-refractivity contribution is 7.94. The number of unbranched alkanes of at least 4 members (excludes halogenated alkanes) is 5. The van der Waals surface area contributed by atoms with Gasteiger partial charge in [-0.15, -0.1) is 0 Å². The third-order valence-electron chi connectivity index (χ3n) is 2.14. The molecule has 0 fully saturated rings. The number of aliphatic hydroxyl groups excluding tert-OH is 2. The summed E-state index contributed by atoms with van der Waals surface area (Å²) in [6.07, 6.45) is 6.90. The lowest BCUT2D eigenvalue weighted by molar-refractivity contribution is 0.112. The SMILES string of the molecule is CCCCCCCCOSCC(O)CO. The molecule has 0 aliphatic rings. The van der Waals surface area contributed by atoms with E-state index in [2.05, 4.69) is 6.92 Å². The molecule has 0 aromatic carbocycles. The minimum Gasteiger partial charge on any atom is -0.394 e. The zero-order valence-electron chi connectivity index (χ0n) is 9.65. The molecule has 0 radical (unpaired) electrons.